The van der Waals surface area contributed by atoms with E-state index in [1.807, 2.05) is 0 Å². The molecule has 0 aliphatic heterocycles. The minimum atomic E-state index is -4.76. The van der Waals surface area contributed by atoms with Crippen LogP contribution in [0, 0.1) is 18.6 Å². The zero-order valence-electron chi connectivity index (χ0n) is 11.0. The van der Waals surface area contributed by atoms with Gasteiger partial charge in [-0.15, -0.1) is 0 Å². The average Bonchev–Trinajstić information content (AvgIpc) is 2.39. The zero-order chi connectivity index (χ0) is 15.8. The third kappa shape index (κ3) is 3.21. The van der Waals surface area contributed by atoms with Gasteiger partial charge in [-0.05, 0) is 47.9 Å². The van der Waals surface area contributed by atoms with Crippen molar-refractivity contribution >= 4 is 0 Å². The highest BCUT2D eigenvalue weighted by atomic mass is 19.4. The van der Waals surface area contributed by atoms with Crippen molar-refractivity contribution in [3.8, 4) is 0 Å². The molecule has 2 aromatic rings. The van der Waals surface area contributed by atoms with Crippen molar-refractivity contribution in [3.63, 3.8) is 0 Å². The monoisotopic (exact) mass is 301 g/mol. The molecule has 2 rings (SSSR count). The summed E-state index contributed by atoms with van der Waals surface area (Å²) in [6.45, 7) is 1.69. The summed E-state index contributed by atoms with van der Waals surface area (Å²) in [4.78, 5) is 0. The Labute approximate surface area is 118 Å². The first kappa shape index (κ1) is 15.4. The number of hydrogen-bond donors (Lipinski definition) is 1. The van der Waals surface area contributed by atoms with E-state index < -0.39 is 29.4 Å². The summed E-state index contributed by atoms with van der Waals surface area (Å²) in [6.07, 6.45) is -4.76. The molecule has 1 nitrogen and oxygen atoms in total. The standard InChI is InChI=1S/C15H12F5N/c1-8-2-4-10(16)7-11(8)14(21)9-3-5-12(13(17)6-9)15(18,19)20/h2-7,14H,21H2,1H3. The second-order valence-corrected chi connectivity index (χ2v) is 4.72. The van der Waals surface area contributed by atoms with Crippen molar-refractivity contribution in [1.82, 2.24) is 0 Å². The lowest BCUT2D eigenvalue weighted by Gasteiger charge is -2.17. The molecule has 2 N–H and O–H groups in total. The molecule has 21 heavy (non-hydrogen) atoms. The van der Waals surface area contributed by atoms with Crippen LogP contribution in [-0.4, -0.2) is 0 Å². The molecular formula is C15H12F5N. The lowest BCUT2D eigenvalue weighted by molar-refractivity contribution is -0.140. The van der Waals surface area contributed by atoms with Crippen LogP contribution in [0.2, 0.25) is 0 Å². The third-order valence-electron chi connectivity index (χ3n) is 3.23. The van der Waals surface area contributed by atoms with E-state index in [2.05, 4.69) is 0 Å². The molecule has 0 aliphatic rings. The number of rotatable bonds is 2. The van der Waals surface area contributed by atoms with Gasteiger partial charge < -0.3 is 5.73 Å². The van der Waals surface area contributed by atoms with Gasteiger partial charge in [-0.1, -0.05) is 12.1 Å². The number of hydrogen-bond acceptors (Lipinski definition) is 1. The van der Waals surface area contributed by atoms with Crippen LogP contribution in [0.5, 0.6) is 0 Å². The van der Waals surface area contributed by atoms with Crippen molar-refractivity contribution in [1.29, 1.82) is 0 Å². The molecule has 0 saturated heterocycles. The number of halogens is 5. The summed E-state index contributed by atoms with van der Waals surface area (Å²) in [5.41, 5.74) is 5.76. The summed E-state index contributed by atoms with van der Waals surface area (Å²) in [7, 11) is 0. The van der Waals surface area contributed by atoms with E-state index in [9.17, 15) is 22.0 Å². The van der Waals surface area contributed by atoms with Crippen molar-refractivity contribution in [2.45, 2.75) is 19.1 Å². The molecule has 0 radical (unpaired) electrons. The molecule has 0 bridgehead atoms. The van der Waals surface area contributed by atoms with Gasteiger partial charge in [0, 0.05) is 0 Å². The number of aryl methyl sites for hydroxylation is 1. The van der Waals surface area contributed by atoms with Crippen molar-refractivity contribution in [3.05, 3.63) is 70.3 Å². The molecule has 112 valence electrons. The Balaban J connectivity index is 2.43. The molecule has 0 aliphatic carbocycles. The van der Waals surface area contributed by atoms with Gasteiger partial charge in [0.15, 0.2) is 0 Å². The molecule has 1 unspecified atom stereocenters. The average molecular weight is 301 g/mol. The number of benzene rings is 2. The van der Waals surface area contributed by atoms with Gasteiger partial charge in [0.05, 0.1) is 11.6 Å². The lowest BCUT2D eigenvalue weighted by Crippen LogP contribution is -2.15. The Morgan fingerprint density at radius 2 is 1.67 bits per heavy atom. The van der Waals surface area contributed by atoms with Crippen LogP contribution in [0.25, 0.3) is 0 Å². The maximum Gasteiger partial charge on any atom is 0.419 e. The lowest BCUT2D eigenvalue weighted by atomic mass is 9.95. The molecule has 0 spiro atoms. The highest BCUT2D eigenvalue weighted by Gasteiger charge is 2.34. The van der Waals surface area contributed by atoms with Gasteiger partial charge in [-0.3, -0.25) is 0 Å². The first-order valence-corrected chi connectivity index (χ1v) is 6.08. The van der Waals surface area contributed by atoms with Crippen LogP contribution in [0.4, 0.5) is 22.0 Å². The van der Waals surface area contributed by atoms with Gasteiger partial charge in [-0.2, -0.15) is 13.2 Å². The third-order valence-corrected chi connectivity index (χ3v) is 3.23. The number of nitrogens with two attached hydrogens (primary N) is 1. The predicted octanol–water partition coefficient (Wildman–Crippen LogP) is 4.34. The predicted molar refractivity (Wildman–Crippen MR) is 68.6 cm³/mol. The van der Waals surface area contributed by atoms with Gasteiger partial charge in [0.25, 0.3) is 0 Å². The Hall–Kier alpha value is -1.95. The van der Waals surface area contributed by atoms with E-state index in [0.717, 1.165) is 12.1 Å². The van der Waals surface area contributed by atoms with E-state index in [4.69, 9.17) is 5.73 Å². The van der Waals surface area contributed by atoms with E-state index >= 15 is 0 Å². The van der Waals surface area contributed by atoms with Gasteiger partial charge in [0.1, 0.15) is 11.6 Å². The highest BCUT2D eigenvalue weighted by Crippen LogP contribution is 2.33. The normalized spacial score (nSPS) is 13.3. The maximum absolute atomic E-state index is 13.6. The largest absolute Gasteiger partial charge is 0.419 e. The van der Waals surface area contributed by atoms with Crippen LogP contribution in [0.15, 0.2) is 36.4 Å². The van der Waals surface area contributed by atoms with Gasteiger partial charge >= 0.3 is 6.18 Å². The van der Waals surface area contributed by atoms with E-state index in [-0.39, 0.29) is 5.56 Å². The molecule has 1 atom stereocenters. The van der Waals surface area contributed by atoms with Crippen molar-refractivity contribution in [2.24, 2.45) is 5.73 Å². The molecule has 0 aromatic heterocycles. The Kier molecular flexibility index (Phi) is 4.00. The fourth-order valence-corrected chi connectivity index (χ4v) is 2.08. The Morgan fingerprint density at radius 3 is 2.24 bits per heavy atom. The molecule has 6 heteroatoms. The first-order valence-electron chi connectivity index (χ1n) is 6.08. The van der Waals surface area contributed by atoms with Crippen molar-refractivity contribution < 1.29 is 22.0 Å². The smallest absolute Gasteiger partial charge is 0.320 e. The Morgan fingerprint density at radius 1 is 1.00 bits per heavy atom. The van der Waals surface area contributed by atoms with Crippen LogP contribution in [0.1, 0.15) is 28.3 Å². The van der Waals surface area contributed by atoms with Gasteiger partial charge in [-0.25, -0.2) is 8.78 Å². The molecule has 0 saturated carbocycles. The van der Waals surface area contributed by atoms with Crippen LogP contribution >= 0.6 is 0 Å². The fraction of sp³-hybridized carbons (Fsp3) is 0.200. The summed E-state index contributed by atoms with van der Waals surface area (Å²) >= 11 is 0. The molecular weight excluding hydrogens is 289 g/mol. The summed E-state index contributed by atoms with van der Waals surface area (Å²) in [6, 6.07) is 5.51. The SMILES string of the molecule is Cc1ccc(F)cc1C(N)c1ccc(C(F)(F)F)c(F)c1. The van der Waals surface area contributed by atoms with Crippen LogP contribution < -0.4 is 5.73 Å². The zero-order valence-corrected chi connectivity index (χ0v) is 11.0. The minimum Gasteiger partial charge on any atom is -0.320 e. The van der Waals surface area contributed by atoms with Gasteiger partial charge in [0.2, 0.25) is 0 Å². The van der Waals surface area contributed by atoms with E-state index in [1.165, 1.54) is 18.2 Å². The topological polar surface area (TPSA) is 26.0 Å². The van der Waals surface area contributed by atoms with Crippen LogP contribution in [0.3, 0.4) is 0 Å². The first-order chi connectivity index (χ1) is 9.70. The minimum absolute atomic E-state index is 0.147. The van der Waals surface area contributed by atoms with Crippen molar-refractivity contribution in [2.75, 3.05) is 0 Å². The maximum atomic E-state index is 13.6. The second-order valence-electron chi connectivity index (χ2n) is 4.72. The fourth-order valence-electron chi connectivity index (χ4n) is 2.08. The molecule has 2 aromatic carbocycles. The summed E-state index contributed by atoms with van der Waals surface area (Å²) in [5.74, 6) is -1.91. The summed E-state index contributed by atoms with van der Waals surface area (Å²) in [5, 5.41) is 0. The van der Waals surface area contributed by atoms with E-state index in [0.29, 0.717) is 17.2 Å². The van der Waals surface area contributed by atoms with Crippen LogP contribution in [-0.2, 0) is 6.18 Å². The quantitative estimate of drug-likeness (QED) is 0.820. The Bertz CT molecular complexity index is 664. The molecule has 0 fully saturated rings. The van der Waals surface area contributed by atoms with E-state index in [1.54, 1.807) is 6.92 Å². The number of alkyl halides is 3. The summed E-state index contributed by atoms with van der Waals surface area (Å²) < 4.78 is 64.3. The second kappa shape index (κ2) is 5.44. The molecule has 0 amide bonds. The highest BCUT2D eigenvalue weighted by molar-refractivity contribution is 5.38. The molecule has 0 heterocycles.